The molecule has 1 fully saturated rings. The van der Waals surface area contributed by atoms with E-state index < -0.39 is 0 Å². The Bertz CT molecular complexity index is 442. The van der Waals surface area contributed by atoms with E-state index in [1.807, 2.05) is 19.9 Å². The van der Waals surface area contributed by atoms with Crippen LogP contribution >= 0.6 is 15.9 Å². The standard InChI is InChI=1S/C16H24BrNO2/c1-11(2)20-16-13(9-12-5-4-8-18-10-12)14(17)6-7-15(16)19-3/h6-7,11-12,18H,4-5,8-10H2,1-3H3. The third kappa shape index (κ3) is 3.89. The number of ether oxygens (including phenoxy) is 2. The predicted octanol–water partition coefficient (Wildman–Crippen LogP) is 3.79. The van der Waals surface area contributed by atoms with Gasteiger partial charge in [-0.05, 0) is 64.3 Å². The van der Waals surface area contributed by atoms with Gasteiger partial charge >= 0.3 is 0 Å². The molecule has 1 atom stereocenters. The summed E-state index contributed by atoms with van der Waals surface area (Å²) in [5.74, 6) is 2.38. The van der Waals surface area contributed by atoms with Crippen molar-refractivity contribution in [1.82, 2.24) is 5.32 Å². The number of hydrogen-bond acceptors (Lipinski definition) is 3. The van der Waals surface area contributed by atoms with E-state index in [4.69, 9.17) is 9.47 Å². The Morgan fingerprint density at radius 2 is 2.20 bits per heavy atom. The van der Waals surface area contributed by atoms with Crippen LogP contribution in [-0.2, 0) is 6.42 Å². The van der Waals surface area contributed by atoms with Crippen LogP contribution in [0.4, 0.5) is 0 Å². The summed E-state index contributed by atoms with van der Waals surface area (Å²) in [6, 6.07) is 4.02. The zero-order valence-electron chi connectivity index (χ0n) is 12.5. The lowest BCUT2D eigenvalue weighted by Gasteiger charge is -2.25. The molecule has 1 saturated heterocycles. The first-order chi connectivity index (χ1) is 9.61. The van der Waals surface area contributed by atoms with Crippen molar-refractivity contribution in [2.75, 3.05) is 20.2 Å². The molecule has 1 aromatic rings. The molecule has 1 aromatic carbocycles. The van der Waals surface area contributed by atoms with Gasteiger partial charge in [0.1, 0.15) is 0 Å². The van der Waals surface area contributed by atoms with Crippen LogP contribution in [0.3, 0.4) is 0 Å². The molecule has 1 N–H and O–H groups in total. The van der Waals surface area contributed by atoms with E-state index in [1.165, 1.54) is 18.4 Å². The van der Waals surface area contributed by atoms with E-state index in [-0.39, 0.29) is 6.10 Å². The average Bonchev–Trinajstić information content (AvgIpc) is 2.44. The number of rotatable bonds is 5. The average molecular weight is 342 g/mol. The van der Waals surface area contributed by atoms with Gasteiger partial charge in [-0.25, -0.2) is 0 Å². The van der Waals surface area contributed by atoms with Crippen molar-refractivity contribution in [3.05, 3.63) is 22.2 Å². The minimum atomic E-state index is 0.140. The van der Waals surface area contributed by atoms with Crippen molar-refractivity contribution in [3.63, 3.8) is 0 Å². The largest absolute Gasteiger partial charge is 0.493 e. The lowest BCUT2D eigenvalue weighted by molar-refractivity contribution is 0.225. The maximum atomic E-state index is 6.01. The SMILES string of the molecule is COc1ccc(Br)c(CC2CCCNC2)c1OC(C)C. The smallest absolute Gasteiger partial charge is 0.165 e. The zero-order valence-corrected chi connectivity index (χ0v) is 14.1. The molecular formula is C16H24BrNO2. The van der Waals surface area contributed by atoms with Crippen LogP contribution in [0.2, 0.25) is 0 Å². The molecule has 1 heterocycles. The molecule has 4 heteroatoms. The second-order valence-corrected chi connectivity index (χ2v) is 6.49. The first-order valence-corrected chi connectivity index (χ1v) is 8.13. The van der Waals surface area contributed by atoms with Crippen molar-refractivity contribution < 1.29 is 9.47 Å². The summed E-state index contributed by atoms with van der Waals surface area (Å²) < 4.78 is 12.6. The fourth-order valence-electron chi connectivity index (χ4n) is 2.69. The Hall–Kier alpha value is -0.740. The Labute approximate surface area is 130 Å². The van der Waals surface area contributed by atoms with Crippen LogP contribution < -0.4 is 14.8 Å². The van der Waals surface area contributed by atoms with Gasteiger partial charge in [-0.15, -0.1) is 0 Å². The quantitative estimate of drug-likeness (QED) is 0.883. The van der Waals surface area contributed by atoms with Crippen molar-refractivity contribution in [2.24, 2.45) is 5.92 Å². The monoisotopic (exact) mass is 341 g/mol. The molecule has 0 spiro atoms. The first kappa shape index (κ1) is 15.6. The molecule has 1 aliphatic heterocycles. The number of methoxy groups -OCH3 is 1. The summed E-state index contributed by atoms with van der Waals surface area (Å²) in [4.78, 5) is 0. The Morgan fingerprint density at radius 1 is 1.40 bits per heavy atom. The minimum Gasteiger partial charge on any atom is -0.493 e. The molecule has 0 radical (unpaired) electrons. The van der Waals surface area contributed by atoms with Crippen LogP contribution in [0.5, 0.6) is 11.5 Å². The molecule has 0 aromatic heterocycles. The number of nitrogens with one attached hydrogen (secondary N) is 1. The third-order valence-corrected chi connectivity index (χ3v) is 4.38. The molecule has 0 saturated carbocycles. The number of piperidine rings is 1. The number of halogens is 1. The first-order valence-electron chi connectivity index (χ1n) is 7.34. The molecule has 1 aliphatic rings. The normalized spacial score (nSPS) is 19.1. The maximum Gasteiger partial charge on any atom is 0.165 e. The summed E-state index contributed by atoms with van der Waals surface area (Å²) >= 11 is 3.67. The highest BCUT2D eigenvalue weighted by atomic mass is 79.9. The highest BCUT2D eigenvalue weighted by molar-refractivity contribution is 9.10. The van der Waals surface area contributed by atoms with Crippen LogP contribution in [0, 0.1) is 5.92 Å². The molecule has 1 unspecified atom stereocenters. The third-order valence-electron chi connectivity index (χ3n) is 3.63. The van der Waals surface area contributed by atoms with Gasteiger partial charge in [-0.1, -0.05) is 15.9 Å². The molecule has 2 rings (SSSR count). The highest BCUT2D eigenvalue weighted by Crippen LogP contribution is 2.39. The van der Waals surface area contributed by atoms with Gasteiger partial charge in [0.2, 0.25) is 0 Å². The van der Waals surface area contributed by atoms with Crippen molar-refractivity contribution >= 4 is 15.9 Å². The topological polar surface area (TPSA) is 30.5 Å². The van der Waals surface area contributed by atoms with Crippen LogP contribution in [-0.4, -0.2) is 26.3 Å². The highest BCUT2D eigenvalue weighted by Gasteiger charge is 2.21. The molecule has 20 heavy (non-hydrogen) atoms. The van der Waals surface area contributed by atoms with Gasteiger partial charge in [-0.2, -0.15) is 0 Å². The van der Waals surface area contributed by atoms with Gasteiger partial charge < -0.3 is 14.8 Å². The van der Waals surface area contributed by atoms with E-state index in [2.05, 4.69) is 27.3 Å². The van der Waals surface area contributed by atoms with E-state index in [0.29, 0.717) is 5.92 Å². The molecule has 0 amide bonds. The summed E-state index contributed by atoms with van der Waals surface area (Å²) in [5.41, 5.74) is 1.23. The van der Waals surface area contributed by atoms with Crippen molar-refractivity contribution in [1.29, 1.82) is 0 Å². The fraction of sp³-hybridized carbons (Fsp3) is 0.625. The van der Waals surface area contributed by atoms with E-state index >= 15 is 0 Å². The summed E-state index contributed by atoms with van der Waals surface area (Å²) in [7, 11) is 1.70. The Balaban J connectivity index is 2.27. The minimum absolute atomic E-state index is 0.140. The summed E-state index contributed by atoms with van der Waals surface area (Å²) in [6.07, 6.45) is 3.69. The van der Waals surface area contributed by atoms with E-state index in [9.17, 15) is 0 Å². The van der Waals surface area contributed by atoms with Crippen LogP contribution in [0.25, 0.3) is 0 Å². The van der Waals surface area contributed by atoms with Gasteiger partial charge in [-0.3, -0.25) is 0 Å². The second-order valence-electron chi connectivity index (χ2n) is 5.64. The van der Waals surface area contributed by atoms with E-state index in [0.717, 1.165) is 35.5 Å². The van der Waals surface area contributed by atoms with Gasteiger partial charge in [0.05, 0.1) is 13.2 Å². The summed E-state index contributed by atoms with van der Waals surface area (Å²) in [6.45, 7) is 6.33. The molecule has 0 bridgehead atoms. The molecule has 0 aliphatic carbocycles. The maximum absolute atomic E-state index is 6.01. The van der Waals surface area contributed by atoms with Gasteiger partial charge in [0, 0.05) is 10.0 Å². The molecule has 112 valence electrons. The zero-order chi connectivity index (χ0) is 14.5. The molecular weight excluding hydrogens is 318 g/mol. The van der Waals surface area contributed by atoms with E-state index in [1.54, 1.807) is 7.11 Å². The predicted molar refractivity (Wildman–Crippen MR) is 85.8 cm³/mol. The second kappa shape index (κ2) is 7.32. The molecule has 3 nitrogen and oxygen atoms in total. The van der Waals surface area contributed by atoms with Crippen molar-refractivity contribution in [3.8, 4) is 11.5 Å². The Morgan fingerprint density at radius 3 is 2.80 bits per heavy atom. The van der Waals surface area contributed by atoms with Crippen LogP contribution in [0.1, 0.15) is 32.3 Å². The van der Waals surface area contributed by atoms with Gasteiger partial charge in [0.25, 0.3) is 0 Å². The lowest BCUT2D eigenvalue weighted by Crippen LogP contribution is -2.31. The number of hydrogen-bond donors (Lipinski definition) is 1. The van der Waals surface area contributed by atoms with Crippen LogP contribution in [0.15, 0.2) is 16.6 Å². The number of benzene rings is 1. The lowest BCUT2D eigenvalue weighted by atomic mass is 9.92. The Kier molecular flexibility index (Phi) is 5.73. The van der Waals surface area contributed by atoms with Crippen molar-refractivity contribution in [2.45, 2.75) is 39.2 Å². The summed E-state index contributed by atoms with van der Waals surface area (Å²) in [5, 5.41) is 3.48. The fourth-order valence-corrected chi connectivity index (χ4v) is 3.16. The van der Waals surface area contributed by atoms with Gasteiger partial charge in [0.15, 0.2) is 11.5 Å².